The lowest BCUT2D eigenvalue weighted by molar-refractivity contribution is -0.137. The number of hydrogen-bond acceptors (Lipinski definition) is 2. The molecule has 2 N–H and O–H groups in total. The highest BCUT2D eigenvalue weighted by molar-refractivity contribution is 6.06. The van der Waals surface area contributed by atoms with E-state index >= 15 is 0 Å². The Labute approximate surface area is 101 Å². The molecule has 1 aromatic rings. The van der Waals surface area contributed by atoms with Crippen molar-refractivity contribution in [3.63, 3.8) is 0 Å². The number of carbonyl (C=O) groups is 1. The first kappa shape index (κ1) is 12.4. The maximum absolute atomic E-state index is 12.4. The topological polar surface area (TPSA) is 53.5 Å². The summed E-state index contributed by atoms with van der Waals surface area (Å²) in [5.41, 5.74) is -0.284. The van der Waals surface area contributed by atoms with Gasteiger partial charge in [0, 0.05) is 7.05 Å². The highest BCUT2D eigenvalue weighted by Crippen LogP contribution is 2.30. The van der Waals surface area contributed by atoms with Crippen LogP contribution in [0.1, 0.15) is 17.2 Å². The number of carbonyl (C=O) groups excluding carboxylic acids is 1. The molecule has 1 fully saturated rings. The van der Waals surface area contributed by atoms with E-state index in [0.717, 1.165) is 12.1 Å². The molecular weight excluding hydrogens is 247 g/mol. The molecule has 0 aliphatic carbocycles. The van der Waals surface area contributed by atoms with Crippen LogP contribution in [0.5, 0.6) is 0 Å². The third kappa shape index (κ3) is 2.29. The first-order valence-electron chi connectivity index (χ1n) is 5.13. The lowest BCUT2D eigenvalue weighted by Gasteiger charge is -2.10. The van der Waals surface area contributed by atoms with Crippen LogP contribution in [0.25, 0.3) is 0 Å². The summed E-state index contributed by atoms with van der Waals surface area (Å²) < 4.78 is 37.1. The fraction of sp³-hybridized carbons (Fsp3) is 0.273. The Bertz CT molecular complexity index is 493. The predicted octanol–water partition coefficient (Wildman–Crippen LogP) is 1.45. The molecule has 1 amide bonds. The Morgan fingerprint density at radius 1 is 1.22 bits per heavy atom. The van der Waals surface area contributed by atoms with Gasteiger partial charge in [-0.25, -0.2) is 0 Å². The Hall–Kier alpha value is -2.05. The van der Waals surface area contributed by atoms with E-state index in [1.54, 1.807) is 0 Å². The normalized spacial score (nSPS) is 21.9. The molecule has 1 heterocycles. The summed E-state index contributed by atoms with van der Waals surface area (Å²) in [5.74, 6) is -0.0275. The second-order valence-electron chi connectivity index (χ2n) is 3.76. The van der Waals surface area contributed by atoms with Crippen LogP contribution in [-0.2, 0) is 11.0 Å². The molecular formula is C11H10F3N3O. The average Bonchev–Trinajstić information content (AvgIpc) is 2.70. The molecule has 96 valence electrons. The van der Waals surface area contributed by atoms with Gasteiger partial charge in [0.1, 0.15) is 6.04 Å². The van der Waals surface area contributed by atoms with Crippen molar-refractivity contribution in [3.05, 3.63) is 35.4 Å². The third-order valence-corrected chi connectivity index (χ3v) is 2.58. The molecule has 2 rings (SSSR count). The maximum Gasteiger partial charge on any atom is 0.416 e. The van der Waals surface area contributed by atoms with Crippen molar-refractivity contribution >= 4 is 11.9 Å². The molecule has 0 spiro atoms. The minimum Gasteiger partial charge on any atom is -0.340 e. The van der Waals surface area contributed by atoms with Crippen molar-refractivity contribution in [3.8, 4) is 0 Å². The highest BCUT2D eigenvalue weighted by atomic mass is 19.4. The smallest absolute Gasteiger partial charge is 0.340 e. The summed E-state index contributed by atoms with van der Waals surface area (Å²) in [4.78, 5) is 15.3. The maximum atomic E-state index is 12.4. The minimum atomic E-state index is -4.38. The van der Waals surface area contributed by atoms with Crippen LogP contribution in [0.15, 0.2) is 29.3 Å². The fourth-order valence-electron chi connectivity index (χ4n) is 1.65. The van der Waals surface area contributed by atoms with Crippen LogP contribution in [-0.4, -0.2) is 18.9 Å². The van der Waals surface area contributed by atoms with E-state index in [2.05, 4.69) is 15.6 Å². The van der Waals surface area contributed by atoms with Gasteiger partial charge in [-0.3, -0.25) is 15.1 Å². The number of benzene rings is 1. The SMILES string of the molecule is CN=C1NC(=O)C(c2ccc(C(F)(F)F)cc2)N1. The molecule has 18 heavy (non-hydrogen) atoms. The number of rotatable bonds is 1. The van der Waals surface area contributed by atoms with Gasteiger partial charge in [0.15, 0.2) is 5.96 Å². The Morgan fingerprint density at radius 3 is 2.28 bits per heavy atom. The second-order valence-corrected chi connectivity index (χ2v) is 3.76. The van der Waals surface area contributed by atoms with Gasteiger partial charge in [-0.1, -0.05) is 12.1 Å². The fourth-order valence-corrected chi connectivity index (χ4v) is 1.65. The van der Waals surface area contributed by atoms with Crippen molar-refractivity contribution in [2.75, 3.05) is 7.05 Å². The number of halogens is 3. The number of guanidine groups is 1. The van der Waals surface area contributed by atoms with Gasteiger partial charge in [-0.2, -0.15) is 13.2 Å². The summed E-state index contributed by atoms with van der Waals surface area (Å²) in [6.45, 7) is 0. The summed E-state index contributed by atoms with van der Waals surface area (Å²) in [5, 5.41) is 5.25. The largest absolute Gasteiger partial charge is 0.416 e. The van der Waals surface area contributed by atoms with Crippen molar-refractivity contribution < 1.29 is 18.0 Å². The van der Waals surface area contributed by atoms with Crippen LogP contribution >= 0.6 is 0 Å². The number of aliphatic imine (C=N–C) groups is 1. The zero-order chi connectivity index (χ0) is 13.3. The quantitative estimate of drug-likeness (QED) is 0.800. The Balaban J connectivity index is 2.23. The molecule has 1 saturated heterocycles. The third-order valence-electron chi connectivity index (χ3n) is 2.58. The molecule has 0 saturated carbocycles. The molecule has 1 aliphatic rings. The molecule has 1 aliphatic heterocycles. The van der Waals surface area contributed by atoms with Crippen LogP contribution in [0.2, 0.25) is 0 Å². The van der Waals surface area contributed by atoms with Gasteiger partial charge in [-0.15, -0.1) is 0 Å². The van der Waals surface area contributed by atoms with E-state index in [0.29, 0.717) is 11.5 Å². The minimum absolute atomic E-state index is 0.310. The number of nitrogens with one attached hydrogen (secondary N) is 2. The van der Waals surface area contributed by atoms with Gasteiger partial charge in [0.2, 0.25) is 0 Å². The molecule has 0 bridgehead atoms. The van der Waals surface area contributed by atoms with Crippen molar-refractivity contribution in [1.82, 2.24) is 10.6 Å². The van der Waals surface area contributed by atoms with E-state index in [1.807, 2.05) is 0 Å². The van der Waals surface area contributed by atoms with E-state index < -0.39 is 17.8 Å². The lowest BCUT2D eigenvalue weighted by atomic mass is 10.0. The van der Waals surface area contributed by atoms with E-state index in [9.17, 15) is 18.0 Å². The molecule has 4 nitrogen and oxygen atoms in total. The summed E-state index contributed by atoms with van der Waals surface area (Å²) in [6.07, 6.45) is -4.38. The zero-order valence-corrected chi connectivity index (χ0v) is 9.38. The molecule has 0 radical (unpaired) electrons. The first-order valence-corrected chi connectivity index (χ1v) is 5.13. The van der Waals surface area contributed by atoms with Gasteiger partial charge < -0.3 is 5.32 Å². The van der Waals surface area contributed by atoms with Gasteiger partial charge in [0.25, 0.3) is 5.91 Å². The van der Waals surface area contributed by atoms with Gasteiger partial charge in [0.05, 0.1) is 5.56 Å². The highest BCUT2D eigenvalue weighted by Gasteiger charge is 2.32. The lowest BCUT2D eigenvalue weighted by Crippen LogP contribution is -2.24. The summed E-state index contributed by atoms with van der Waals surface area (Å²) in [6, 6.07) is 3.75. The molecule has 0 aromatic heterocycles. The summed E-state index contributed by atoms with van der Waals surface area (Å²) in [7, 11) is 1.50. The number of hydrogen-bond donors (Lipinski definition) is 2. The molecule has 1 aromatic carbocycles. The zero-order valence-electron chi connectivity index (χ0n) is 9.38. The van der Waals surface area contributed by atoms with Crippen molar-refractivity contribution in [2.45, 2.75) is 12.2 Å². The predicted molar refractivity (Wildman–Crippen MR) is 58.8 cm³/mol. The second kappa shape index (κ2) is 4.32. The molecule has 1 atom stereocenters. The number of amides is 1. The van der Waals surface area contributed by atoms with Crippen molar-refractivity contribution in [2.24, 2.45) is 4.99 Å². The van der Waals surface area contributed by atoms with Gasteiger partial charge in [-0.05, 0) is 17.7 Å². The molecule has 7 heteroatoms. The van der Waals surface area contributed by atoms with E-state index in [1.165, 1.54) is 19.2 Å². The average molecular weight is 257 g/mol. The van der Waals surface area contributed by atoms with Crippen LogP contribution < -0.4 is 10.6 Å². The standard InChI is InChI=1S/C11H10F3N3O/c1-15-10-16-8(9(18)17-10)6-2-4-7(5-3-6)11(12,13)14/h2-5,8H,1H3,(H2,15,16,17,18). The molecule has 1 unspecified atom stereocenters. The van der Waals surface area contributed by atoms with Crippen LogP contribution in [0, 0.1) is 0 Å². The van der Waals surface area contributed by atoms with Gasteiger partial charge >= 0.3 is 6.18 Å². The monoisotopic (exact) mass is 257 g/mol. The summed E-state index contributed by atoms with van der Waals surface area (Å²) >= 11 is 0. The number of alkyl halides is 3. The Kier molecular flexibility index (Phi) is 2.98. The van der Waals surface area contributed by atoms with Crippen LogP contribution in [0.4, 0.5) is 13.2 Å². The van der Waals surface area contributed by atoms with E-state index in [4.69, 9.17) is 0 Å². The first-order chi connectivity index (χ1) is 8.41. The van der Waals surface area contributed by atoms with Crippen LogP contribution in [0.3, 0.4) is 0 Å². The van der Waals surface area contributed by atoms with E-state index in [-0.39, 0.29) is 5.91 Å². The Morgan fingerprint density at radius 2 is 1.83 bits per heavy atom. The number of nitrogens with zero attached hydrogens (tertiary/aromatic N) is 1. The van der Waals surface area contributed by atoms with Crippen molar-refractivity contribution in [1.29, 1.82) is 0 Å².